The van der Waals surface area contributed by atoms with E-state index < -0.39 is 99.9 Å². The molecule has 0 bridgehead atoms. The Hall–Kier alpha value is -6.99. The van der Waals surface area contributed by atoms with Gasteiger partial charge in [-0.2, -0.15) is 0 Å². The van der Waals surface area contributed by atoms with Crippen molar-refractivity contribution in [2.45, 2.75) is 39.0 Å². The number of benzene rings is 1. The number of phenolic OH excluding ortho intramolecular Hbond substituents is 2. The second kappa shape index (κ2) is 13.0. The molecule has 49 heavy (non-hydrogen) atoms. The fraction of sp³-hybridized carbons (Fsp3) is 0.207. The maximum absolute atomic E-state index is 13.8. The van der Waals surface area contributed by atoms with Crippen molar-refractivity contribution in [3.8, 4) is 34.1 Å². The van der Waals surface area contributed by atoms with Crippen LogP contribution in [0.25, 0.3) is 27.7 Å². The van der Waals surface area contributed by atoms with Gasteiger partial charge >= 0.3 is 17.9 Å². The van der Waals surface area contributed by atoms with E-state index >= 15 is 0 Å². The smallest absolute Gasteiger partial charge is 0.343 e. The maximum Gasteiger partial charge on any atom is 0.343 e. The predicted molar refractivity (Wildman–Crippen MR) is 160 cm³/mol. The molecule has 20 nitrogen and oxygen atoms in total. The highest BCUT2D eigenvalue weighted by Crippen LogP contribution is 2.36. The second-order valence-electron chi connectivity index (χ2n) is 10.5. The van der Waals surface area contributed by atoms with Crippen molar-refractivity contribution in [3.63, 3.8) is 0 Å². The fourth-order valence-electron chi connectivity index (χ4n) is 4.82. The molecule has 0 radical (unpaired) electrons. The van der Waals surface area contributed by atoms with Gasteiger partial charge < -0.3 is 45.1 Å². The number of phenols is 2. The zero-order valence-corrected chi connectivity index (χ0v) is 25.0. The molecule has 0 aliphatic carbocycles. The minimum atomic E-state index is -1.47. The molecule has 4 heterocycles. The molecule has 1 atom stereocenters. The molecule has 1 aromatic carbocycles. The van der Waals surface area contributed by atoms with E-state index in [1.165, 1.54) is 6.92 Å². The molecular weight excluding hydrogens is 656 g/mol. The van der Waals surface area contributed by atoms with E-state index in [9.17, 15) is 54.3 Å². The standard InChI is InChI=1S/C29H24N6O14/c1-11-22(27(44)35-7-17(38)15(36)5-19(35)30-11)13-10-48-18-4-16(37)26(43)24(23(18)25(13)42)29(47)49-9-12-6-34(33-32-12)8-20(39)31-14(28(45)46)2-3-21(40)41/h4-7,10,14,36-38,43H,2-3,8-9H2,1H3,(H,31,39)(H,40,41)(H,45,46)/t14-/m0/s1. The first-order valence-electron chi connectivity index (χ1n) is 13.9. The molecule has 0 spiro atoms. The zero-order chi connectivity index (χ0) is 35.7. The molecule has 0 aliphatic rings. The molecule has 0 fully saturated rings. The van der Waals surface area contributed by atoms with Crippen LogP contribution in [0.2, 0.25) is 0 Å². The number of pyridine rings is 1. The quantitative estimate of drug-likeness (QED) is 0.0712. The van der Waals surface area contributed by atoms with Gasteiger partial charge in [-0.15, -0.1) is 5.10 Å². The van der Waals surface area contributed by atoms with E-state index in [0.29, 0.717) is 0 Å². The number of nitrogens with zero attached hydrogens (tertiary/aromatic N) is 5. The summed E-state index contributed by atoms with van der Waals surface area (Å²) in [5.41, 5.74) is -3.86. The van der Waals surface area contributed by atoms with Gasteiger partial charge in [0.15, 0.2) is 23.0 Å². The third-order valence-corrected chi connectivity index (χ3v) is 7.12. The minimum absolute atomic E-state index is 0.00405. The molecule has 254 valence electrons. The van der Waals surface area contributed by atoms with Crippen molar-refractivity contribution >= 4 is 40.4 Å². The normalized spacial score (nSPS) is 11.8. The average Bonchev–Trinajstić information content (AvgIpc) is 3.47. The average molecular weight is 681 g/mol. The largest absolute Gasteiger partial charge is 0.504 e. The van der Waals surface area contributed by atoms with Crippen LogP contribution in [0, 0.1) is 6.92 Å². The number of aromatic hydroxyl groups is 4. The summed E-state index contributed by atoms with van der Waals surface area (Å²) in [7, 11) is 0. The zero-order valence-electron chi connectivity index (χ0n) is 25.0. The number of ether oxygens (including phenoxy) is 1. The van der Waals surface area contributed by atoms with Gasteiger partial charge in [-0.05, 0) is 13.3 Å². The molecule has 4 aromatic heterocycles. The second-order valence-corrected chi connectivity index (χ2v) is 10.5. The van der Waals surface area contributed by atoms with Gasteiger partial charge in [0, 0.05) is 18.6 Å². The van der Waals surface area contributed by atoms with E-state index in [1.54, 1.807) is 0 Å². The third-order valence-electron chi connectivity index (χ3n) is 7.12. The number of nitrogens with one attached hydrogen (secondary N) is 1. The van der Waals surface area contributed by atoms with Crippen LogP contribution in [0.3, 0.4) is 0 Å². The van der Waals surface area contributed by atoms with Gasteiger partial charge in [0.2, 0.25) is 11.3 Å². The first-order valence-corrected chi connectivity index (χ1v) is 13.9. The van der Waals surface area contributed by atoms with Crippen molar-refractivity contribution in [2.24, 2.45) is 0 Å². The monoisotopic (exact) mass is 680 g/mol. The van der Waals surface area contributed by atoms with Gasteiger partial charge in [-0.25, -0.2) is 19.3 Å². The van der Waals surface area contributed by atoms with E-state index in [2.05, 4.69) is 20.6 Å². The van der Waals surface area contributed by atoms with Gasteiger partial charge in [-0.1, -0.05) is 5.21 Å². The molecule has 7 N–H and O–H groups in total. The summed E-state index contributed by atoms with van der Waals surface area (Å²) in [6, 6.07) is 0.413. The highest BCUT2D eigenvalue weighted by molar-refractivity contribution is 6.07. The first-order chi connectivity index (χ1) is 23.2. The summed E-state index contributed by atoms with van der Waals surface area (Å²) in [6.07, 6.45) is 2.06. The summed E-state index contributed by atoms with van der Waals surface area (Å²) in [5, 5.41) is 67.5. The minimum Gasteiger partial charge on any atom is -0.504 e. The van der Waals surface area contributed by atoms with E-state index in [-0.39, 0.29) is 34.6 Å². The van der Waals surface area contributed by atoms with Crippen LogP contribution < -0.4 is 16.3 Å². The lowest BCUT2D eigenvalue weighted by Gasteiger charge is -2.13. The van der Waals surface area contributed by atoms with Crippen molar-refractivity contribution in [1.29, 1.82) is 0 Å². The van der Waals surface area contributed by atoms with Gasteiger partial charge in [0.1, 0.15) is 47.9 Å². The maximum atomic E-state index is 13.8. The summed E-state index contributed by atoms with van der Waals surface area (Å²) >= 11 is 0. The summed E-state index contributed by atoms with van der Waals surface area (Å²) in [5.74, 6) is -7.97. The number of carboxylic acid groups (broad SMARTS) is 2. The Balaban J connectivity index is 1.41. The van der Waals surface area contributed by atoms with Crippen LogP contribution in [0.4, 0.5) is 0 Å². The van der Waals surface area contributed by atoms with E-state index in [1.807, 2.05) is 0 Å². The van der Waals surface area contributed by atoms with Crippen LogP contribution in [0.15, 0.2) is 44.8 Å². The summed E-state index contributed by atoms with van der Waals surface area (Å²) < 4.78 is 12.5. The molecule has 0 aliphatic heterocycles. The number of esters is 1. The number of aliphatic carboxylic acids is 2. The van der Waals surface area contributed by atoms with Crippen molar-refractivity contribution in [1.82, 2.24) is 29.7 Å². The Kier molecular flexibility index (Phi) is 8.87. The lowest BCUT2D eigenvalue weighted by molar-refractivity contribution is -0.143. The van der Waals surface area contributed by atoms with Crippen LogP contribution in [0.1, 0.15) is 34.6 Å². The number of amides is 1. The van der Waals surface area contributed by atoms with Gasteiger partial charge in [-0.3, -0.25) is 23.6 Å². The highest BCUT2D eigenvalue weighted by Gasteiger charge is 2.27. The SMILES string of the molecule is Cc1nc2cc(O)c(O)cn2c(=O)c1-c1coc2cc(O)c(O)c(C(=O)OCc3cn(CC(=O)N[C@@H](CCC(=O)O)C(=O)O)nn3)c2c1=O. The van der Waals surface area contributed by atoms with E-state index in [0.717, 1.165) is 39.9 Å². The highest BCUT2D eigenvalue weighted by atomic mass is 16.5. The van der Waals surface area contributed by atoms with Crippen molar-refractivity contribution in [3.05, 3.63) is 68.3 Å². The molecule has 0 unspecified atom stereocenters. The fourth-order valence-corrected chi connectivity index (χ4v) is 4.82. The number of hydrogen-bond donors (Lipinski definition) is 7. The van der Waals surface area contributed by atoms with Gasteiger partial charge in [0.05, 0.1) is 34.6 Å². The Bertz CT molecular complexity index is 2310. The number of aromatic nitrogens is 5. The lowest BCUT2D eigenvalue weighted by atomic mass is 10.0. The van der Waals surface area contributed by atoms with Crippen LogP contribution in [-0.2, 0) is 32.3 Å². The molecule has 0 saturated heterocycles. The third kappa shape index (κ3) is 6.63. The number of fused-ring (bicyclic) bond motifs is 2. The predicted octanol–water partition coefficient (Wildman–Crippen LogP) is -0.0186. The molecule has 5 rings (SSSR count). The van der Waals surface area contributed by atoms with E-state index in [4.69, 9.17) is 14.3 Å². The number of rotatable bonds is 11. The Morgan fingerprint density at radius 1 is 1.02 bits per heavy atom. The molecule has 5 aromatic rings. The summed E-state index contributed by atoms with van der Waals surface area (Å²) in [6.45, 7) is 0.210. The topological polar surface area (TPSA) is 306 Å². The number of hydrogen-bond acceptors (Lipinski definition) is 15. The Morgan fingerprint density at radius 3 is 2.45 bits per heavy atom. The van der Waals surface area contributed by atoms with Crippen LogP contribution in [0.5, 0.6) is 23.0 Å². The number of carboxylic acids is 2. The number of carbonyl (C=O) groups is 4. The Morgan fingerprint density at radius 2 is 1.76 bits per heavy atom. The van der Waals surface area contributed by atoms with Crippen LogP contribution in [-0.4, -0.2) is 84.9 Å². The Labute approximate surface area is 270 Å². The number of carbonyl (C=O) groups excluding carboxylic acids is 2. The first kappa shape index (κ1) is 33.4. The lowest BCUT2D eigenvalue weighted by Crippen LogP contribution is -2.42. The van der Waals surface area contributed by atoms with Gasteiger partial charge in [0.25, 0.3) is 5.56 Å². The summed E-state index contributed by atoms with van der Waals surface area (Å²) in [4.78, 5) is 79.0. The van der Waals surface area contributed by atoms with Crippen molar-refractivity contribution in [2.75, 3.05) is 0 Å². The molecule has 20 heteroatoms. The number of aryl methyl sites for hydroxylation is 1. The van der Waals surface area contributed by atoms with Crippen LogP contribution >= 0.6 is 0 Å². The molecule has 1 amide bonds. The van der Waals surface area contributed by atoms with Crippen molar-refractivity contribution < 1.29 is 59.0 Å². The molecular formula is C29H24N6O14. The molecule has 0 saturated carbocycles.